The number of carbonyl (C=O) groups excluding carboxylic acids is 3. The minimum atomic E-state index is -0.595. The van der Waals surface area contributed by atoms with E-state index in [0.717, 1.165) is 26.7 Å². The van der Waals surface area contributed by atoms with Crippen LogP contribution in [0.3, 0.4) is 0 Å². The first-order chi connectivity index (χ1) is 10.0. The molecule has 5 nitrogen and oxygen atoms in total. The molecule has 21 heavy (non-hydrogen) atoms. The summed E-state index contributed by atoms with van der Waals surface area (Å²) in [7, 11) is 0. The molecule has 0 saturated carbocycles. The smallest absolute Gasteiger partial charge is 0.326 e. The molecule has 0 bridgehead atoms. The molecule has 7 heteroatoms. The number of nitrogens with zero attached hydrogens (tertiary/aromatic N) is 1. The number of thioether (sulfide) groups is 1. The van der Waals surface area contributed by atoms with Crippen LogP contribution in [0.2, 0.25) is 0 Å². The van der Waals surface area contributed by atoms with Gasteiger partial charge in [-0.2, -0.15) is 0 Å². The van der Waals surface area contributed by atoms with Crippen LogP contribution in [0.15, 0.2) is 33.6 Å². The minimum absolute atomic E-state index is 0.210. The molecule has 1 saturated heterocycles. The van der Waals surface area contributed by atoms with Crippen molar-refractivity contribution in [2.24, 2.45) is 0 Å². The molecular formula is C14H12BrNO4S. The average Bonchev–Trinajstić information content (AvgIpc) is 2.69. The van der Waals surface area contributed by atoms with Crippen molar-refractivity contribution in [2.45, 2.75) is 6.92 Å². The molecule has 0 radical (unpaired) electrons. The molecule has 1 fully saturated rings. The third-order valence-corrected chi connectivity index (χ3v) is 4.29. The Labute approximate surface area is 134 Å². The molecular weight excluding hydrogens is 358 g/mol. The Hall–Kier alpha value is -1.60. The lowest BCUT2D eigenvalue weighted by atomic mass is 10.2. The molecule has 0 unspecified atom stereocenters. The Balaban J connectivity index is 2.18. The fourth-order valence-corrected chi connectivity index (χ4v) is 2.93. The molecule has 0 atom stereocenters. The fraction of sp³-hybridized carbons (Fsp3) is 0.214. The Kier molecular flexibility index (Phi) is 5.19. The van der Waals surface area contributed by atoms with Crippen LogP contribution in [0.4, 0.5) is 4.79 Å². The van der Waals surface area contributed by atoms with Gasteiger partial charge in [0.15, 0.2) is 0 Å². The molecule has 0 N–H and O–H groups in total. The van der Waals surface area contributed by atoms with Crippen LogP contribution < -0.4 is 0 Å². The van der Waals surface area contributed by atoms with Gasteiger partial charge >= 0.3 is 5.97 Å². The number of amides is 2. The number of esters is 1. The van der Waals surface area contributed by atoms with Gasteiger partial charge in [-0.3, -0.25) is 19.3 Å². The van der Waals surface area contributed by atoms with Gasteiger partial charge in [0, 0.05) is 4.47 Å². The van der Waals surface area contributed by atoms with Crippen LogP contribution in [0.25, 0.3) is 6.08 Å². The third kappa shape index (κ3) is 3.74. The number of hydrogen-bond donors (Lipinski definition) is 0. The maximum Gasteiger partial charge on any atom is 0.326 e. The monoisotopic (exact) mass is 369 g/mol. The predicted molar refractivity (Wildman–Crippen MR) is 83.5 cm³/mol. The van der Waals surface area contributed by atoms with Gasteiger partial charge in [0.05, 0.1) is 11.5 Å². The summed E-state index contributed by atoms with van der Waals surface area (Å²) in [5, 5.41) is -0.466. The fourth-order valence-electron chi connectivity index (χ4n) is 1.71. The summed E-state index contributed by atoms with van der Waals surface area (Å²) >= 11 is 4.19. The summed E-state index contributed by atoms with van der Waals surface area (Å²) in [6.45, 7) is 1.52. The molecule has 2 rings (SSSR count). The van der Waals surface area contributed by atoms with E-state index in [9.17, 15) is 14.4 Å². The quantitative estimate of drug-likeness (QED) is 0.602. The van der Waals surface area contributed by atoms with E-state index in [0.29, 0.717) is 0 Å². The van der Waals surface area contributed by atoms with Gasteiger partial charge < -0.3 is 4.74 Å². The predicted octanol–water partition coefficient (Wildman–Crippen LogP) is 3.05. The van der Waals surface area contributed by atoms with Crippen molar-refractivity contribution in [3.8, 4) is 0 Å². The summed E-state index contributed by atoms with van der Waals surface area (Å²) in [6.07, 6.45) is 1.63. The molecule has 110 valence electrons. The van der Waals surface area contributed by atoms with Gasteiger partial charge in [-0.1, -0.05) is 34.1 Å². The van der Waals surface area contributed by atoms with E-state index in [2.05, 4.69) is 15.9 Å². The van der Waals surface area contributed by atoms with Gasteiger partial charge in [-0.25, -0.2) is 0 Å². The number of imide groups is 1. The van der Waals surface area contributed by atoms with E-state index in [-0.39, 0.29) is 18.1 Å². The zero-order valence-corrected chi connectivity index (χ0v) is 13.6. The van der Waals surface area contributed by atoms with Crippen molar-refractivity contribution in [3.05, 3.63) is 39.2 Å². The van der Waals surface area contributed by atoms with Crippen molar-refractivity contribution >= 4 is 50.9 Å². The van der Waals surface area contributed by atoms with Crippen LogP contribution in [-0.2, 0) is 14.3 Å². The van der Waals surface area contributed by atoms with E-state index < -0.39 is 17.1 Å². The molecule has 2 amide bonds. The maximum absolute atomic E-state index is 12.2. The largest absolute Gasteiger partial charge is 0.465 e. The SMILES string of the molecule is CCOC(=O)CN1C(=O)S/C(=C\c2ccccc2Br)C1=O. The molecule has 1 aromatic carbocycles. The second-order valence-corrected chi connectivity index (χ2v) is 5.94. The van der Waals surface area contributed by atoms with Gasteiger partial charge in [0.25, 0.3) is 11.1 Å². The van der Waals surface area contributed by atoms with Gasteiger partial charge in [0.1, 0.15) is 6.54 Å². The van der Waals surface area contributed by atoms with Crippen molar-refractivity contribution in [1.82, 2.24) is 4.90 Å². The van der Waals surface area contributed by atoms with E-state index in [1.165, 1.54) is 0 Å². The van der Waals surface area contributed by atoms with E-state index >= 15 is 0 Å². The molecule has 1 aliphatic heterocycles. The molecule has 0 spiro atoms. The Morgan fingerprint density at radius 3 is 2.76 bits per heavy atom. The molecule has 1 aromatic rings. The highest BCUT2D eigenvalue weighted by molar-refractivity contribution is 9.10. The van der Waals surface area contributed by atoms with Crippen molar-refractivity contribution in [3.63, 3.8) is 0 Å². The zero-order chi connectivity index (χ0) is 15.4. The summed E-state index contributed by atoms with van der Waals surface area (Å²) < 4.78 is 5.57. The first-order valence-corrected chi connectivity index (χ1v) is 7.79. The van der Waals surface area contributed by atoms with E-state index in [1.54, 1.807) is 13.0 Å². The number of ether oxygens (including phenoxy) is 1. The van der Waals surface area contributed by atoms with E-state index in [1.807, 2.05) is 24.3 Å². The second-order valence-electron chi connectivity index (χ2n) is 4.09. The van der Waals surface area contributed by atoms with Gasteiger partial charge in [0.2, 0.25) is 0 Å². The summed E-state index contributed by atoms with van der Waals surface area (Å²) in [5.41, 5.74) is 0.791. The topological polar surface area (TPSA) is 63.7 Å². The average molecular weight is 370 g/mol. The lowest BCUT2D eigenvalue weighted by Crippen LogP contribution is -2.34. The Morgan fingerprint density at radius 1 is 1.38 bits per heavy atom. The highest BCUT2D eigenvalue weighted by Crippen LogP contribution is 2.33. The highest BCUT2D eigenvalue weighted by atomic mass is 79.9. The van der Waals surface area contributed by atoms with Crippen molar-refractivity contribution < 1.29 is 19.1 Å². The summed E-state index contributed by atoms with van der Waals surface area (Å²) in [5.74, 6) is -1.07. The first kappa shape index (κ1) is 15.8. The lowest BCUT2D eigenvalue weighted by molar-refractivity contribution is -0.145. The molecule has 0 aromatic heterocycles. The minimum Gasteiger partial charge on any atom is -0.465 e. The van der Waals surface area contributed by atoms with Crippen LogP contribution in [0.1, 0.15) is 12.5 Å². The number of halogens is 1. The van der Waals surface area contributed by atoms with Crippen LogP contribution in [0.5, 0.6) is 0 Å². The standard InChI is InChI=1S/C14H12BrNO4S/c1-2-20-12(17)8-16-13(18)11(21-14(16)19)7-9-5-3-4-6-10(9)15/h3-7H,2,8H2,1H3/b11-7-. The van der Waals surface area contributed by atoms with E-state index in [4.69, 9.17) is 4.74 Å². The lowest BCUT2D eigenvalue weighted by Gasteiger charge is -2.10. The normalized spacial score (nSPS) is 16.7. The van der Waals surface area contributed by atoms with Gasteiger partial charge in [-0.05, 0) is 36.4 Å². The summed E-state index contributed by atoms with van der Waals surface area (Å²) in [4.78, 5) is 36.6. The van der Waals surface area contributed by atoms with Crippen LogP contribution in [0, 0.1) is 0 Å². The Morgan fingerprint density at radius 2 is 2.10 bits per heavy atom. The molecule has 0 aliphatic carbocycles. The number of carbonyl (C=O) groups is 3. The number of hydrogen-bond acceptors (Lipinski definition) is 5. The van der Waals surface area contributed by atoms with Crippen LogP contribution >= 0.6 is 27.7 Å². The van der Waals surface area contributed by atoms with Crippen LogP contribution in [-0.4, -0.2) is 35.2 Å². The Bertz CT molecular complexity index is 629. The maximum atomic E-state index is 12.2. The van der Waals surface area contributed by atoms with Crippen molar-refractivity contribution in [1.29, 1.82) is 0 Å². The highest BCUT2D eigenvalue weighted by Gasteiger charge is 2.36. The number of rotatable bonds is 4. The second kappa shape index (κ2) is 6.91. The summed E-state index contributed by atoms with van der Waals surface area (Å²) in [6, 6.07) is 7.35. The first-order valence-electron chi connectivity index (χ1n) is 6.18. The van der Waals surface area contributed by atoms with Crippen molar-refractivity contribution in [2.75, 3.05) is 13.2 Å². The molecule has 1 heterocycles. The number of benzene rings is 1. The third-order valence-electron chi connectivity index (χ3n) is 2.66. The zero-order valence-electron chi connectivity index (χ0n) is 11.2. The van der Waals surface area contributed by atoms with Gasteiger partial charge in [-0.15, -0.1) is 0 Å². The molecule has 1 aliphatic rings.